The lowest BCUT2D eigenvalue weighted by Gasteiger charge is -2.13. The van der Waals surface area contributed by atoms with Gasteiger partial charge in [-0.05, 0) is 44.0 Å². The highest BCUT2D eigenvalue weighted by Crippen LogP contribution is 2.26. The fourth-order valence-electron chi connectivity index (χ4n) is 3.06. The molecule has 4 heterocycles. The Hall–Kier alpha value is -2.65. The van der Waals surface area contributed by atoms with Crippen LogP contribution < -0.4 is 5.32 Å². The van der Waals surface area contributed by atoms with Gasteiger partial charge in [0.2, 0.25) is 11.7 Å². The highest BCUT2D eigenvalue weighted by Gasteiger charge is 2.23. The van der Waals surface area contributed by atoms with E-state index in [1.54, 1.807) is 12.3 Å². The van der Waals surface area contributed by atoms with Crippen LogP contribution in [0.25, 0.3) is 11.6 Å². The Morgan fingerprint density at radius 3 is 3.00 bits per heavy atom. The number of amides is 1. The molecule has 3 aromatic rings. The number of hydrogen-bond donors (Lipinski definition) is 1. The van der Waals surface area contributed by atoms with E-state index in [1.165, 1.54) is 11.8 Å². The normalized spacial score (nSPS) is 16.4. The van der Waals surface area contributed by atoms with Gasteiger partial charge in [-0.1, -0.05) is 17.8 Å². The van der Waals surface area contributed by atoms with Crippen LogP contribution in [-0.2, 0) is 16.1 Å². The van der Waals surface area contributed by atoms with Crippen molar-refractivity contribution < 1.29 is 13.9 Å². The zero-order valence-electron chi connectivity index (χ0n) is 15.5. The van der Waals surface area contributed by atoms with Gasteiger partial charge in [0.15, 0.2) is 10.9 Å². The van der Waals surface area contributed by atoms with Crippen LogP contribution in [-0.4, -0.2) is 44.1 Å². The molecule has 28 heavy (non-hydrogen) atoms. The molecule has 0 spiro atoms. The second kappa shape index (κ2) is 8.57. The fourth-order valence-corrected chi connectivity index (χ4v) is 3.81. The lowest BCUT2D eigenvalue weighted by atomic mass is 10.2. The summed E-state index contributed by atoms with van der Waals surface area (Å²) in [4.78, 5) is 16.6. The number of nitrogens with zero attached hydrogens (tertiary/aromatic N) is 4. The highest BCUT2D eigenvalue weighted by atomic mass is 32.2. The van der Waals surface area contributed by atoms with E-state index in [0.29, 0.717) is 29.1 Å². The van der Waals surface area contributed by atoms with Crippen molar-refractivity contribution in [2.24, 2.45) is 0 Å². The molecule has 0 bridgehead atoms. The number of thioether (sulfide) groups is 1. The minimum atomic E-state index is -0.144. The predicted octanol–water partition coefficient (Wildman–Crippen LogP) is 3.15. The Morgan fingerprint density at radius 1 is 1.32 bits per heavy atom. The highest BCUT2D eigenvalue weighted by molar-refractivity contribution is 7.99. The maximum Gasteiger partial charge on any atom is 0.236 e. The van der Waals surface area contributed by atoms with Crippen molar-refractivity contribution in [1.82, 2.24) is 19.7 Å². The van der Waals surface area contributed by atoms with Crippen LogP contribution in [0.1, 0.15) is 18.5 Å². The number of pyridine rings is 1. The van der Waals surface area contributed by atoms with Crippen LogP contribution in [0, 0.1) is 6.92 Å². The van der Waals surface area contributed by atoms with Crippen LogP contribution in [0.15, 0.2) is 46.2 Å². The van der Waals surface area contributed by atoms with E-state index < -0.39 is 0 Å². The zero-order chi connectivity index (χ0) is 19.3. The maximum absolute atomic E-state index is 12.3. The van der Waals surface area contributed by atoms with E-state index in [2.05, 4.69) is 20.5 Å². The first-order valence-electron chi connectivity index (χ1n) is 9.14. The third-order valence-electron chi connectivity index (χ3n) is 4.36. The molecule has 1 fully saturated rings. The van der Waals surface area contributed by atoms with Gasteiger partial charge in [0.05, 0.1) is 24.7 Å². The summed E-state index contributed by atoms with van der Waals surface area (Å²) in [6.07, 6.45) is 3.78. The average Bonchev–Trinajstić information content (AvgIpc) is 3.43. The Labute approximate surface area is 166 Å². The van der Waals surface area contributed by atoms with Crippen LogP contribution in [0.5, 0.6) is 0 Å². The molecule has 8 nitrogen and oxygen atoms in total. The van der Waals surface area contributed by atoms with Crippen molar-refractivity contribution in [1.29, 1.82) is 0 Å². The summed E-state index contributed by atoms with van der Waals surface area (Å²) >= 11 is 1.33. The van der Waals surface area contributed by atoms with Gasteiger partial charge in [0.1, 0.15) is 5.82 Å². The number of aromatic nitrogens is 4. The van der Waals surface area contributed by atoms with E-state index in [9.17, 15) is 4.79 Å². The summed E-state index contributed by atoms with van der Waals surface area (Å²) in [6, 6.07) is 9.17. The van der Waals surface area contributed by atoms with Crippen molar-refractivity contribution in [2.45, 2.75) is 37.6 Å². The van der Waals surface area contributed by atoms with Crippen molar-refractivity contribution in [3.05, 3.63) is 42.3 Å². The smallest absolute Gasteiger partial charge is 0.236 e. The molecule has 3 aromatic heterocycles. The van der Waals surface area contributed by atoms with E-state index >= 15 is 0 Å². The molecule has 0 aliphatic carbocycles. The van der Waals surface area contributed by atoms with Crippen molar-refractivity contribution in [2.75, 3.05) is 17.7 Å². The van der Waals surface area contributed by atoms with Gasteiger partial charge in [-0.2, -0.15) is 0 Å². The molecule has 0 aromatic carbocycles. The first kappa shape index (κ1) is 18.7. The van der Waals surface area contributed by atoms with Gasteiger partial charge in [-0.25, -0.2) is 4.98 Å². The number of hydrogen-bond acceptors (Lipinski definition) is 7. The zero-order valence-corrected chi connectivity index (χ0v) is 16.3. The molecule has 0 unspecified atom stereocenters. The molecule has 0 radical (unpaired) electrons. The standard InChI is InChI=1S/C19H21N5O3S/c1-13-5-2-8-16(20-13)21-17(25)12-28-19-23-22-18(15-7-4-10-27-15)24(19)11-14-6-3-9-26-14/h2,4-5,7-8,10,14H,3,6,9,11-12H2,1H3,(H,20,21,25)/t14-/m0/s1. The van der Waals surface area contributed by atoms with Gasteiger partial charge in [-0.15, -0.1) is 10.2 Å². The van der Waals surface area contributed by atoms with Gasteiger partial charge in [0, 0.05) is 12.3 Å². The summed E-state index contributed by atoms with van der Waals surface area (Å²) in [5, 5.41) is 12.0. The maximum atomic E-state index is 12.3. The van der Waals surface area contributed by atoms with Gasteiger partial charge in [0.25, 0.3) is 0 Å². The van der Waals surface area contributed by atoms with E-state index in [0.717, 1.165) is 25.1 Å². The van der Waals surface area contributed by atoms with Crippen LogP contribution in [0.2, 0.25) is 0 Å². The Bertz CT molecular complexity index is 935. The van der Waals surface area contributed by atoms with E-state index in [-0.39, 0.29) is 17.8 Å². The summed E-state index contributed by atoms with van der Waals surface area (Å²) in [7, 11) is 0. The number of ether oxygens (including phenoxy) is 1. The monoisotopic (exact) mass is 399 g/mol. The molecular formula is C19H21N5O3S. The number of aryl methyl sites for hydroxylation is 1. The SMILES string of the molecule is Cc1cccc(NC(=O)CSc2nnc(-c3ccco3)n2C[C@@H]2CCCO2)n1. The van der Waals surface area contributed by atoms with Crippen molar-refractivity contribution in [3.8, 4) is 11.6 Å². The van der Waals surface area contributed by atoms with E-state index in [1.807, 2.05) is 35.8 Å². The first-order chi connectivity index (χ1) is 13.7. The summed E-state index contributed by atoms with van der Waals surface area (Å²) in [5.74, 6) is 1.89. The van der Waals surface area contributed by atoms with Gasteiger partial charge in [-0.3, -0.25) is 9.36 Å². The lowest BCUT2D eigenvalue weighted by Crippen LogP contribution is -2.18. The minimum absolute atomic E-state index is 0.120. The molecule has 1 amide bonds. The molecular weight excluding hydrogens is 378 g/mol. The molecule has 1 atom stereocenters. The third kappa shape index (κ3) is 4.42. The Kier molecular flexibility index (Phi) is 5.73. The lowest BCUT2D eigenvalue weighted by molar-refractivity contribution is -0.113. The number of anilines is 1. The van der Waals surface area contributed by atoms with Crippen LogP contribution in [0.3, 0.4) is 0 Å². The quantitative estimate of drug-likeness (QED) is 0.610. The third-order valence-corrected chi connectivity index (χ3v) is 5.32. The molecule has 0 saturated carbocycles. The molecule has 4 rings (SSSR count). The topological polar surface area (TPSA) is 95.1 Å². The summed E-state index contributed by atoms with van der Waals surface area (Å²) < 4.78 is 13.2. The number of rotatable bonds is 7. The van der Waals surface area contributed by atoms with Gasteiger partial charge >= 0.3 is 0 Å². The molecule has 1 aliphatic rings. The first-order valence-corrected chi connectivity index (χ1v) is 10.1. The number of furan rings is 1. The number of carbonyl (C=O) groups excluding carboxylic acids is 1. The Balaban J connectivity index is 1.46. The predicted molar refractivity (Wildman–Crippen MR) is 105 cm³/mol. The largest absolute Gasteiger partial charge is 0.461 e. The Morgan fingerprint density at radius 2 is 2.25 bits per heavy atom. The molecule has 9 heteroatoms. The average molecular weight is 399 g/mol. The van der Waals surface area contributed by atoms with Gasteiger partial charge < -0.3 is 14.5 Å². The second-order valence-corrected chi connectivity index (χ2v) is 7.47. The fraction of sp³-hybridized carbons (Fsp3) is 0.368. The molecule has 1 N–H and O–H groups in total. The van der Waals surface area contributed by atoms with Crippen LogP contribution in [0.4, 0.5) is 5.82 Å². The number of carbonyl (C=O) groups is 1. The van der Waals surface area contributed by atoms with Crippen molar-refractivity contribution >= 4 is 23.5 Å². The summed E-state index contributed by atoms with van der Waals surface area (Å²) in [6.45, 7) is 3.29. The van der Waals surface area contributed by atoms with E-state index in [4.69, 9.17) is 9.15 Å². The number of nitrogens with one attached hydrogen (secondary N) is 1. The molecule has 1 aliphatic heterocycles. The molecule has 1 saturated heterocycles. The molecule has 146 valence electrons. The van der Waals surface area contributed by atoms with Crippen LogP contribution >= 0.6 is 11.8 Å². The van der Waals surface area contributed by atoms with Crippen molar-refractivity contribution in [3.63, 3.8) is 0 Å². The second-order valence-electron chi connectivity index (χ2n) is 6.53. The summed E-state index contributed by atoms with van der Waals surface area (Å²) in [5.41, 5.74) is 0.852. The minimum Gasteiger partial charge on any atom is -0.461 e.